The van der Waals surface area contributed by atoms with Crippen LogP contribution in [0, 0.1) is 0 Å². The Morgan fingerprint density at radius 3 is 2.62 bits per heavy atom. The Labute approximate surface area is 205 Å². The van der Waals surface area contributed by atoms with Crippen LogP contribution in [0.15, 0.2) is 47.7 Å². The summed E-state index contributed by atoms with van der Waals surface area (Å²) in [5.74, 6) is 0.553. The quantitative estimate of drug-likeness (QED) is 0.297. The van der Waals surface area contributed by atoms with Crippen LogP contribution >= 0.6 is 12.2 Å². The number of carbonyl (C=O) groups is 1. The number of amides is 1. The van der Waals surface area contributed by atoms with Gasteiger partial charge in [0.05, 0.1) is 6.61 Å². The maximum absolute atomic E-state index is 11.9. The number of thiocarbonyl (C=S) groups is 1. The normalized spacial score (nSPS) is 12.7. The standard InChI is InChI=1S/C23H32N4O6S/c1-23(2,3)33-21(29)25-20(28)31-14-11-18(32-22(34)26(4)5)19-24-12-13-27(19)16-30-15-17-9-7-6-8-10-17/h6-10,12-13,18H,11,14-16H2,1-5H3,(H,25,28,29)/p-1/t18-/m0/s1. The van der Waals surface area contributed by atoms with Crippen LogP contribution in [0.1, 0.15) is 44.7 Å². The molecular weight excluding hydrogens is 460 g/mol. The molecule has 10 nitrogen and oxygen atoms in total. The van der Waals surface area contributed by atoms with Crippen molar-refractivity contribution in [1.82, 2.24) is 14.5 Å². The predicted octanol–water partition coefficient (Wildman–Crippen LogP) is 3.02. The second kappa shape index (κ2) is 12.9. The van der Waals surface area contributed by atoms with Gasteiger partial charge in [-0.3, -0.25) is 0 Å². The molecule has 1 atom stereocenters. The molecule has 34 heavy (non-hydrogen) atoms. The molecule has 11 heteroatoms. The minimum Gasteiger partial charge on any atom is -0.600 e. The summed E-state index contributed by atoms with van der Waals surface area (Å²) in [4.78, 5) is 20.9. The number of aliphatic imine (C=N–C) groups is 1. The molecule has 0 saturated heterocycles. The molecular formula is C23H31N4O6S-. The molecule has 0 aliphatic heterocycles. The van der Waals surface area contributed by atoms with E-state index < -0.39 is 23.9 Å². The first kappa shape index (κ1) is 27.1. The van der Waals surface area contributed by atoms with E-state index in [9.17, 15) is 9.90 Å². The number of ether oxygens (including phenoxy) is 4. The number of carbonyl (C=O) groups excluding carboxylic acids is 1. The van der Waals surface area contributed by atoms with E-state index in [1.165, 1.54) is 0 Å². The number of hydrogen-bond acceptors (Lipinski definition) is 8. The average Bonchev–Trinajstić information content (AvgIpc) is 3.20. The third-order valence-corrected chi connectivity index (χ3v) is 4.63. The van der Waals surface area contributed by atoms with Crippen LogP contribution in [0.5, 0.6) is 0 Å². The fraction of sp³-hybridized carbons (Fsp3) is 0.478. The van der Waals surface area contributed by atoms with Crippen LogP contribution in [0.4, 0.5) is 4.79 Å². The monoisotopic (exact) mass is 491 g/mol. The van der Waals surface area contributed by atoms with Gasteiger partial charge in [-0.05, 0) is 45.2 Å². The highest BCUT2D eigenvalue weighted by atomic mass is 32.1. The van der Waals surface area contributed by atoms with Crippen molar-refractivity contribution in [3.63, 3.8) is 0 Å². The van der Waals surface area contributed by atoms with E-state index in [-0.39, 0.29) is 24.9 Å². The number of rotatable bonds is 9. The van der Waals surface area contributed by atoms with Crippen molar-refractivity contribution in [1.29, 1.82) is 0 Å². The lowest BCUT2D eigenvalue weighted by Crippen LogP contribution is -2.29. The molecule has 1 amide bonds. The minimum absolute atomic E-state index is 0.0798. The van der Waals surface area contributed by atoms with Gasteiger partial charge >= 0.3 is 6.09 Å². The van der Waals surface area contributed by atoms with Crippen molar-refractivity contribution in [3.8, 4) is 0 Å². The van der Waals surface area contributed by atoms with E-state index >= 15 is 0 Å². The third kappa shape index (κ3) is 9.75. The Kier molecular flexibility index (Phi) is 10.3. The molecule has 0 N–H and O–H groups in total. The molecule has 0 saturated carbocycles. The molecule has 1 aromatic heterocycles. The maximum atomic E-state index is 11.9. The van der Waals surface area contributed by atoms with E-state index in [2.05, 4.69) is 9.98 Å². The van der Waals surface area contributed by atoms with Gasteiger partial charge in [-0.2, -0.15) is 4.99 Å². The predicted molar refractivity (Wildman–Crippen MR) is 128 cm³/mol. The first-order valence-electron chi connectivity index (χ1n) is 10.7. The lowest BCUT2D eigenvalue weighted by molar-refractivity contribution is -0.250. The van der Waals surface area contributed by atoms with Crippen molar-refractivity contribution in [2.24, 2.45) is 4.99 Å². The summed E-state index contributed by atoms with van der Waals surface area (Å²) in [5, 5.41) is 12.1. The number of aromatic nitrogens is 2. The van der Waals surface area contributed by atoms with Gasteiger partial charge in [-0.15, -0.1) is 0 Å². The first-order chi connectivity index (χ1) is 16.0. The molecule has 1 heterocycles. The Morgan fingerprint density at radius 2 is 1.97 bits per heavy atom. The van der Waals surface area contributed by atoms with Crippen LogP contribution in [0.2, 0.25) is 0 Å². The first-order valence-corrected chi connectivity index (χ1v) is 11.1. The molecule has 2 rings (SSSR count). The van der Waals surface area contributed by atoms with E-state index in [1.807, 2.05) is 30.3 Å². The molecule has 0 bridgehead atoms. The van der Waals surface area contributed by atoms with Crippen molar-refractivity contribution in [2.75, 3.05) is 20.7 Å². The smallest absolute Gasteiger partial charge is 0.435 e. The van der Waals surface area contributed by atoms with Crippen LogP contribution in [-0.4, -0.2) is 58.1 Å². The third-order valence-electron chi connectivity index (χ3n) is 4.17. The van der Waals surface area contributed by atoms with Gasteiger partial charge < -0.3 is 33.5 Å². The summed E-state index contributed by atoms with van der Waals surface area (Å²) in [6, 6.07) is 9.80. The van der Waals surface area contributed by atoms with Gasteiger partial charge in [0.15, 0.2) is 18.0 Å². The highest BCUT2D eigenvalue weighted by Crippen LogP contribution is 2.21. The molecule has 0 aliphatic carbocycles. The summed E-state index contributed by atoms with van der Waals surface area (Å²) < 4.78 is 23.5. The van der Waals surface area contributed by atoms with Gasteiger partial charge in [0.1, 0.15) is 12.3 Å². The highest BCUT2D eigenvalue weighted by molar-refractivity contribution is 7.80. The Hall–Kier alpha value is -3.18. The molecule has 186 valence electrons. The summed E-state index contributed by atoms with van der Waals surface area (Å²) in [5.41, 5.74) is 0.285. The number of nitrogens with zero attached hydrogens (tertiary/aromatic N) is 4. The van der Waals surface area contributed by atoms with Gasteiger partial charge in [-0.25, -0.2) is 9.78 Å². The topological polar surface area (TPSA) is 110 Å². The molecule has 0 aliphatic rings. The summed E-state index contributed by atoms with van der Waals surface area (Å²) in [6.45, 7) is 5.62. The molecule has 0 fully saturated rings. The lowest BCUT2D eigenvalue weighted by Gasteiger charge is -2.25. The van der Waals surface area contributed by atoms with Crippen molar-refractivity contribution in [2.45, 2.75) is 52.2 Å². The fourth-order valence-electron chi connectivity index (χ4n) is 2.67. The molecule has 0 spiro atoms. The van der Waals surface area contributed by atoms with E-state index in [0.717, 1.165) is 5.56 Å². The van der Waals surface area contributed by atoms with Gasteiger partial charge in [0.25, 0.3) is 5.17 Å². The lowest BCUT2D eigenvalue weighted by atomic mass is 10.2. The highest BCUT2D eigenvalue weighted by Gasteiger charge is 2.21. The maximum Gasteiger partial charge on any atom is 0.435 e. The van der Waals surface area contributed by atoms with Crippen molar-refractivity contribution < 1.29 is 28.8 Å². The largest absolute Gasteiger partial charge is 0.600 e. The van der Waals surface area contributed by atoms with E-state index in [0.29, 0.717) is 12.4 Å². The molecule has 2 aromatic rings. The Balaban J connectivity index is 2.00. The Bertz CT molecular complexity index is 956. The summed E-state index contributed by atoms with van der Waals surface area (Å²) in [6.07, 6.45) is 0.931. The summed E-state index contributed by atoms with van der Waals surface area (Å²) >= 11 is 5.28. The van der Waals surface area contributed by atoms with E-state index in [4.69, 9.17) is 31.2 Å². The molecule has 1 aromatic carbocycles. The number of benzene rings is 1. The van der Waals surface area contributed by atoms with Crippen LogP contribution in [0.3, 0.4) is 0 Å². The minimum atomic E-state index is -1.04. The zero-order chi connectivity index (χ0) is 25.1. The summed E-state index contributed by atoms with van der Waals surface area (Å²) in [7, 11) is 3.52. The van der Waals surface area contributed by atoms with Gasteiger partial charge in [-0.1, -0.05) is 30.3 Å². The molecule has 0 unspecified atom stereocenters. The fourth-order valence-corrected chi connectivity index (χ4v) is 2.78. The molecule has 0 radical (unpaired) electrons. The number of imidazole rings is 1. The SMILES string of the molecule is CN(C)C(=S)O[C@@H](CCO/C([O-])=N/C(=O)OC(C)(C)C)c1nccn1COCc1ccccc1. The van der Waals surface area contributed by atoms with Crippen LogP contribution < -0.4 is 5.11 Å². The zero-order valence-corrected chi connectivity index (χ0v) is 20.9. The second-order valence-corrected chi connectivity index (χ2v) is 8.83. The second-order valence-electron chi connectivity index (χ2n) is 8.48. The van der Waals surface area contributed by atoms with E-state index in [1.54, 1.807) is 56.7 Å². The van der Waals surface area contributed by atoms with Gasteiger partial charge in [0, 0.05) is 32.9 Å². The average molecular weight is 492 g/mol. The Morgan fingerprint density at radius 1 is 1.26 bits per heavy atom. The van der Waals surface area contributed by atoms with Crippen LogP contribution in [0.25, 0.3) is 0 Å². The van der Waals surface area contributed by atoms with Gasteiger partial charge in [0.2, 0.25) is 0 Å². The van der Waals surface area contributed by atoms with Crippen molar-refractivity contribution in [3.05, 3.63) is 54.1 Å². The van der Waals surface area contributed by atoms with Crippen molar-refractivity contribution >= 4 is 29.6 Å². The van der Waals surface area contributed by atoms with Crippen LogP contribution in [-0.2, 0) is 32.3 Å². The number of hydrogen-bond donors (Lipinski definition) is 0. The zero-order valence-electron chi connectivity index (χ0n) is 20.1.